The van der Waals surface area contributed by atoms with Gasteiger partial charge in [0, 0.05) is 0 Å². The van der Waals surface area contributed by atoms with Gasteiger partial charge in [0.05, 0.1) is 18.2 Å². The molecule has 0 spiro atoms. The van der Waals surface area contributed by atoms with Crippen LogP contribution in [0.2, 0.25) is 0 Å². The van der Waals surface area contributed by atoms with E-state index >= 15 is 0 Å². The van der Waals surface area contributed by atoms with Gasteiger partial charge in [-0.15, -0.1) is 0 Å². The first-order valence-corrected chi connectivity index (χ1v) is 6.90. The second kappa shape index (κ2) is 6.75. The highest BCUT2D eigenvalue weighted by molar-refractivity contribution is 6.04. The summed E-state index contributed by atoms with van der Waals surface area (Å²) in [6.45, 7) is 2.36. The number of nitrogens with one attached hydrogen (secondary N) is 1. The zero-order valence-electron chi connectivity index (χ0n) is 11.8. The molecule has 1 atom stereocenters. The Bertz CT molecular complexity index is 580. The number of urea groups is 1. The Hall–Kier alpha value is -2.55. The molecular weight excluding hydrogens is 270 g/mol. The number of nitriles is 1. The van der Waals surface area contributed by atoms with Crippen molar-refractivity contribution < 1.29 is 14.3 Å². The quantitative estimate of drug-likeness (QED) is 0.807. The Morgan fingerprint density at radius 2 is 2.24 bits per heavy atom. The van der Waals surface area contributed by atoms with Gasteiger partial charge in [0.15, 0.2) is 0 Å². The van der Waals surface area contributed by atoms with E-state index in [4.69, 9.17) is 10.00 Å². The number of carbonyl (C=O) groups is 2. The Balaban J connectivity index is 1.87. The summed E-state index contributed by atoms with van der Waals surface area (Å²) in [5.74, 6) is 0.349. The van der Waals surface area contributed by atoms with Crippen molar-refractivity contribution in [2.75, 3.05) is 13.2 Å². The Morgan fingerprint density at radius 3 is 2.95 bits per heavy atom. The normalized spacial score (nSPS) is 17.5. The average Bonchev–Trinajstić information content (AvgIpc) is 2.75. The fraction of sp³-hybridized carbons (Fsp3) is 0.400. The molecule has 1 fully saturated rings. The molecule has 1 heterocycles. The largest absolute Gasteiger partial charge is 0.492 e. The number of rotatable bonds is 6. The highest BCUT2D eigenvalue weighted by atomic mass is 16.5. The molecule has 0 aliphatic carbocycles. The summed E-state index contributed by atoms with van der Waals surface area (Å²) >= 11 is 0. The molecule has 1 unspecified atom stereocenters. The van der Waals surface area contributed by atoms with E-state index < -0.39 is 6.04 Å². The minimum Gasteiger partial charge on any atom is -0.492 e. The molecule has 0 radical (unpaired) electrons. The van der Waals surface area contributed by atoms with Gasteiger partial charge < -0.3 is 10.1 Å². The minimum atomic E-state index is -0.413. The topological polar surface area (TPSA) is 82.4 Å². The molecule has 21 heavy (non-hydrogen) atoms. The van der Waals surface area contributed by atoms with Gasteiger partial charge in [0.2, 0.25) is 0 Å². The highest BCUT2D eigenvalue weighted by Crippen LogP contribution is 2.14. The molecule has 1 aromatic carbocycles. The summed E-state index contributed by atoms with van der Waals surface area (Å²) in [5.41, 5.74) is 0.505. The highest BCUT2D eigenvalue weighted by Gasteiger charge is 2.36. The summed E-state index contributed by atoms with van der Waals surface area (Å²) in [4.78, 5) is 24.9. The summed E-state index contributed by atoms with van der Waals surface area (Å²) in [6, 6.07) is 7.99. The van der Waals surface area contributed by atoms with Crippen molar-refractivity contribution >= 4 is 11.9 Å². The van der Waals surface area contributed by atoms with Crippen LogP contribution in [0, 0.1) is 11.3 Å². The van der Waals surface area contributed by atoms with Crippen molar-refractivity contribution in [2.45, 2.75) is 25.8 Å². The van der Waals surface area contributed by atoms with E-state index in [-0.39, 0.29) is 25.1 Å². The fourth-order valence-corrected chi connectivity index (χ4v) is 2.18. The lowest BCUT2D eigenvalue weighted by Gasteiger charge is -2.13. The molecule has 1 N–H and O–H groups in total. The van der Waals surface area contributed by atoms with Crippen molar-refractivity contribution in [3.05, 3.63) is 29.8 Å². The van der Waals surface area contributed by atoms with E-state index in [2.05, 4.69) is 5.32 Å². The molecule has 6 nitrogen and oxygen atoms in total. The Labute approximate surface area is 123 Å². The summed E-state index contributed by atoms with van der Waals surface area (Å²) in [5, 5.41) is 11.5. The zero-order valence-corrected chi connectivity index (χ0v) is 11.8. The number of ether oxygens (including phenoxy) is 1. The predicted molar refractivity (Wildman–Crippen MR) is 75.6 cm³/mol. The van der Waals surface area contributed by atoms with Gasteiger partial charge in [0.25, 0.3) is 5.91 Å². The Morgan fingerprint density at radius 1 is 1.43 bits per heavy atom. The van der Waals surface area contributed by atoms with Crippen LogP contribution in [0.15, 0.2) is 24.3 Å². The second-order valence-corrected chi connectivity index (χ2v) is 4.77. The maximum Gasteiger partial charge on any atom is 0.324 e. The summed E-state index contributed by atoms with van der Waals surface area (Å²) in [6.07, 6.45) is 1.48. The van der Waals surface area contributed by atoms with Gasteiger partial charge in [-0.25, -0.2) is 4.79 Å². The fourth-order valence-electron chi connectivity index (χ4n) is 2.18. The lowest BCUT2D eigenvalue weighted by Crippen LogP contribution is -2.35. The molecule has 3 amide bonds. The SMILES string of the molecule is CCCC1NC(=O)N(CCOc2cccc(C#N)c2)C1=O. The number of carbonyl (C=O) groups excluding carboxylic acids is 2. The van der Waals surface area contributed by atoms with Gasteiger partial charge in [-0.2, -0.15) is 5.26 Å². The smallest absolute Gasteiger partial charge is 0.324 e. The van der Waals surface area contributed by atoms with Gasteiger partial charge in [-0.05, 0) is 24.6 Å². The minimum absolute atomic E-state index is 0.196. The third-order valence-corrected chi connectivity index (χ3v) is 3.23. The number of hydrogen-bond acceptors (Lipinski definition) is 4. The van der Waals surface area contributed by atoms with Gasteiger partial charge in [-0.3, -0.25) is 9.69 Å². The molecular formula is C15H17N3O3. The van der Waals surface area contributed by atoms with Gasteiger partial charge in [0.1, 0.15) is 18.4 Å². The molecule has 2 rings (SSSR count). The molecule has 1 aliphatic rings. The van der Waals surface area contributed by atoms with Crippen molar-refractivity contribution in [1.82, 2.24) is 10.2 Å². The molecule has 110 valence electrons. The maximum absolute atomic E-state index is 12.0. The summed E-state index contributed by atoms with van der Waals surface area (Å²) in [7, 11) is 0. The lowest BCUT2D eigenvalue weighted by molar-refractivity contribution is -0.127. The van der Waals surface area contributed by atoms with Crippen LogP contribution in [0.1, 0.15) is 25.3 Å². The van der Waals surface area contributed by atoms with Crippen molar-refractivity contribution in [2.24, 2.45) is 0 Å². The van der Waals surface area contributed by atoms with E-state index in [9.17, 15) is 9.59 Å². The monoisotopic (exact) mass is 287 g/mol. The molecule has 1 saturated heterocycles. The number of nitrogens with zero attached hydrogens (tertiary/aromatic N) is 2. The molecule has 0 saturated carbocycles. The van der Waals surface area contributed by atoms with E-state index in [1.807, 2.05) is 13.0 Å². The average molecular weight is 287 g/mol. The van der Waals surface area contributed by atoms with Crippen LogP contribution in [0.25, 0.3) is 0 Å². The molecule has 1 aliphatic heterocycles. The number of hydrogen-bond donors (Lipinski definition) is 1. The van der Waals surface area contributed by atoms with Crippen LogP contribution < -0.4 is 10.1 Å². The third-order valence-electron chi connectivity index (χ3n) is 3.23. The maximum atomic E-state index is 12.0. The van der Waals surface area contributed by atoms with E-state index in [0.29, 0.717) is 17.7 Å². The molecule has 0 bridgehead atoms. The third kappa shape index (κ3) is 3.51. The first-order chi connectivity index (χ1) is 10.2. The molecule has 6 heteroatoms. The van der Waals surface area contributed by atoms with E-state index in [1.165, 1.54) is 4.90 Å². The number of amides is 3. The molecule has 1 aromatic rings. The molecule has 0 aromatic heterocycles. The van der Waals surface area contributed by atoms with Crippen LogP contribution in [-0.4, -0.2) is 36.0 Å². The first-order valence-electron chi connectivity index (χ1n) is 6.90. The van der Waals surface area contributed by atoms with Crippen LogP contribution >= 0.6 is 0 Å². The van der Waals surface area contributed by atoms with Gasteiger partial charge in [-0.1, -0.05) is 19.4 Å². The number of benzene rings is 1. The van der Waals surface area contributed by atoms with Crippen molar-refractivity contribution in [3.8, 4) is 11.8 Å². The number of imide groups is 1. The standard InChI is InChI=1S/C15H17N3O3/c1-2-4-13-14(19)18(15(20)17-13)7-8-21-12-6-3-5-11(9-12)10-16/h3,5-6,9,13H,2,4,7-8H2,1H3,(H,17,20). The Kier molecular flexibility index (Phi) is 4.77. The predicted octanol–water partition coefficient (Wildman–Crippen LogP) is 1.66. The lowest BCUT2D eigenvalue weighted by atomic mass is 10.2. The van der Waals surface area contributed by atoms with Crippen molar-refractivity contribution in [3.63, 3.8) is 0 Å². The zero-order chi connectivity index (χ0) is 15.2. The van der Waals surface area contributed by atoms with E-state index in [1.54, 1.807) is 24.3 Å². The van der Waals surface area contributed by atoms with Crippen LogP contribution in [0.3, 0.4) is 0 Å². The van der Waals surface area contributed by atoms with Crippen LogP contribution in [0.5, 0.6) is 5.75 Å². The van der Waals surface area contributed by atoms with E-state index in [0.717, 1.165) is 6.42 Å². The first kappa shape index (κ1) is 14.9. The van der Waals surface area contributed by atoms with Crippen LogP contribution in [0.4, 0.5) is 4.79 Å². The second-order valence-electron chi connectivity index (χ2n) is 4.77. The summed E-state index contributed by atoms with van der Waals surface area (Å²) < 4.78 is 5.48. The van der Waals surface area contributed by atoms with Crippen LogP contribution in [-0.2, 0) is 4.79 Å². The van der Waals surface area contributed by atoms with Gasteiger partial charge >= 0.3 is 6.03 Å². The van der Waals surface area contributed by atoms with Crippen molar-refractivity contribution in [1.29, 1.82) is 5.26 Å².